The molecule has 1 aromatic carbocycles. The van der Waals surface area contributed by atoms with Gasteiger partial charge in [-0.1, -0.05) is 11.6 Å². The first kappa shape index (κ1) is 21.4. The molecule has 6 nitrogen and oxygen atoms in total. The molecule has 2 aromatic heterocycles. The van der Waals surface area contributed by atoms with E-state index in [1.54, 1.807) is 18.2 Å². The molecule has 0 bridgehead atoms. The lowest BCUT2D eigenvalue weighted by Gasteiger charge is -2.16. The quantitative estimate of drug-likeness (QED) is 0.432. The summed E-state index contributed by atoms with van der Waals surface area (Å²) in [5.74, 6) is -0.766. The number of hydrogen-bond acceptors (Lipinski definition) is 5. The molecule has 0 saturated carbocycles. The molecule has 4 N–H and O–H groups in total. The molecule has 9 heteroatoms. The first-order valence-corrected chi connectivity index (χ1v) is 10.3. The molecule has 0 spiro atoms. The van der Waals surface area contributed by atoms with Crippen LogP contribution in [0.2, 0.25) is 5.02 Å². The van der Waals surface area contributed by atoms with Crippen LogP contribution in [0, 0.1) is 12.7 Å². The monoisotopic (exact) mass is 436 g/mol. The van der Waals surface area contributed by atoms with Crippen molar-refractivity contribution in [2.45, 2.75) is 26.0 Å². The third-order valence-corrected chi connectivity index (χ3v) is 6.05. The van der Waals surface area contributed by atoms with E-state index in [9.17, 15) is 14.3 Å². The lowest BCUT2D eigenvalue weighted by molar-refractivity contribution is 0.0930. The highest BCUT2D eigenvalue weighted by Gasteiger charge is 2.21. The van der Waals surface area contributed by atoms with Crippen LogP contribution in [0.4, 0.5) is 4.39 Å². The van der Waals surface area contributed by atoms with Crippen LogP contribution in [-0.4, -0.2) is 34.6 Å². The van der Waals surface area contributed by atoms with Crippen LogP contribution in [0.3, 0.4) is 0 Å². The maximum Gasteiger partial charge on any atom is 0.268 e. The Balaban J connectivity index is 1.78. The predicted octanol–water partition coefficient (Wildman–Crippen LogP) is 3.81. The highest BCUT2D eigenvalue weighted by molar-refractivity contribution is 7.11. The van der Waals surface area contributed by atoms with Crippen molar-refractivity contribution in [3.05, 3.63) is 62.4 Å². The number of amides is 1. The van der Waals surface area contributed by atoms with Gasteiger partial charge in [0.15, 0.2) is 0 Å². The van der Waals surface area contributed by atoms with E-state index >= 15 is 0 Å². The summed E-state index contributed by atoms with van der Waals surface area (Å²) in [6, 6.07) is 7.52. The van der Waals surface area contributed by atoms with Gasteiger partial charge in [-0.05, 0) is 62.8 Å². The molecule has 3 rings (SSSR count). The fraction of sp³-hybridized carbons (Fsp3) is 0.300. The van der Waals surface area contributed by atoms with Gasteiger partial charge in [-0.2, -0.15) is 0 Å². The molecule has 0 fully saturated rings. The van der Waals surface area contributed by atoms with Crippen LogP contribution >= 0.6 is 22.9 Å². The Hall–Kier alpha value is -2.26. The van der Waals surface area contributed by atoms with Crippen LogP contribution in [0.15, 0.2) is 30.3 Å². The Morgan fingerprint density at radius 1 is 1.38 bits per heavy atom. The minimum atomic E-state index is -0.492. The number of aliphatic hydroxyl groups is 1. The molecule has 0 aliphatic carbocycles. The minimum absolute atomic E-state index is 0.0223. The van der Waals surface area contributed by atoms with E-state index in [1.807, 2.05) is 14.0 Å². The first-order chi connectivity index (χ1) is 13.9. The second-order valence-corrected chi connectivity index (χ2v) is 8.07. The molecule has 29 heavy (non-hydrogen) atoms. The standard InChI is InChI=1S/C20H22ClFN4O2S/c1-11-18(10-27)29-20(24-11)17(7-8-23-2)26-19(28)16-6-5-15(25-16)12-3-4-14(22)13(21)9-12/h3-6,9,17,23,25,27H,7-8,10H2,1-2H3,(H,26,28). The van der Waals surface area contributed by atoms with Crippen molar-refractivity contribution in [1.82, 2.24) is 20.6 Å². The average Bonchev–Trinajstić information content (AvgIpc) is 3.34. The van der Waals surface area contributed by atoms with Crippen molar-refractivity contribution in [3.8, 4) is 11.3 Å². The molecule has 2 heterocycles. The third-order valence-electron chi connectivity index (χ3n) is 4.50. The van der Waals surface area contributed by atoms with Crippen molar-refractivity contribution >= 4 is 28.8 Å². The number of thiazole rings is 1. The molecule has 0 radical (unpaired) electrons. The number of H-pyrrole nitrogens is 1. The zero-order valence-corrected chi connectivity index (χ0v) is 17.6. The molecule has 1 atom stereocenters. The number of halogens is 2. The van der Waals surface area contributed by atoms with Gasteiger partial charge in [0.05, 0.1) is 28.2 Å². The minimum Gasteiger partial charge on any atom is -0.391 e. The SMILES string of the molecule is CNCCC(NC(=O)c1ccc(-c2ccc(F)c(Cl)c2)[nH]1)c1nc(C)c(CO)s1. The topological polar surface area (TPSA) is 90.0 Å². The number of carbonyl (C=O) groups excluding carboxylic acids is 1. The largest absolute Gasteiger partial charge is 0.391 e. The van der Waals surface area contributed by atoms with Crippen molar-refractivity contribution in [2.24, 2.45) is 0 Å². The molecular formula is C20H22ClFN4O2S. The third kappa shape index (κ3) is 5.02. The number of benzene rings is 1. The molecule has 1 amide bonds. The van der Waals surface area contributed by atoms with E-state index in [4.69, 9.17) is 11.6 Å². The van der Waals surface area contributed by atoms with Gasteiger partial charge in [0.25, 0.3) is 5.91 Å². The lowest BCUT2D eigenvalue weighted by Crippen LogP contribution is -2.30. The number of carbonyl (C=O) groups is 1. The van der Waals surface area contributed by atoms with Gasteiger partial charge < -0.3 is 20.7 Å². The summed E-state index contributed by atoms with van der Waals surface area (Å²) in [5.41, 5.74) is 2.50. The van der Waals surface area contributed by atoms with Crippen molar-refractivity contribution in [2.75, 3.05) is 13.6 Å². The fourth-order valence-corrected chi connectivity index (χ4v) is 4.08. The van der Waals surface area contributed by atoms with Crippen LogP contribution < -0.4 is 10.6 Å². The zero-order chi connectivity index (χ0) is 21.0. The predicted molar refractivity (Wildman–Crippen MR) is 113 cm³/mol. The smallest absolute Gasteiger partial charge is 0.268 e. The van der Waals surface area contributed by atoms with Gasteiger partial charge in [0.2, 0.25) is 0 Å². The van der Waals surface area contributed by atoms with E-state index in [1.165, 1.54) is 23.5 Å². The van der Waals surface area contributed by atoms with E-state index in [0.717, 1.165) is 15.6 Å². The summed E-state index contributed by atoms with van der Waals surface area (Å²) in [4.78, 5) is 21.1. The number of aromatic nitrogens is 2. The lowest BCUT2D eigenvalue weighted by atomic mass is 10.1. The van der Waals surface area contributed by atoms with Gasteiger partial charge in [-0.3, -0.25) is 4.79 Å². The summed E-state index contributed by atoms with van der Waals surface area (Å²) >= 11 is 7.24. The second-order valence-electron chi connectivity index (χ2n) is 6.55. The normalized spacial score (nSPS) is 12.2. The van der Waals surface area contributed by atoms with Gasteiger partial charge in [-0.15, -0.1) is 11.3 Å². The van der Waals surface area contributed by atoms with Crippen molar-refractivity contribution in [1.29, 1.82) is 0 Å². The van der Waals surface area contributed by atoms with Gasteiger partial charge in [-0.25, -0.2) is 9.37 Å². The second kappa shape index (κ2) is 9.49. The van der Waals surface area contributed by atoms with Crippen LogP contribution in [0.5, 0.6) is 0 Å². The fourth-order valence-electron chi connectivity index (χ4n) is 2.89. The number of aliphatic hydroxyl groups excluding tert-OH is 1. The summed E-state index contributed by atoms with van der Waals surface area (Å²) < 4.78 is 13.4. The molecule has 0 aliphatic heterocycles. The first-order valence-electron chi connectivity index (χ1n) is 9.10. The summed E-state index contributed by atoms with van der Waals surface area (Å²) in [5, 5.41) is 16.3. The molecule has 0 aliphatic rings. The van der Waals surface area contributed by atoms with Crippen LogP contribution in [-0.2, 0) is 6.61 Å². The van der Waals surface area contributed by atoms with E-state index in [2.05, 4.69) is 20.6 Å². The maximum absolute atomic E-state index is 13.4. The highest BCUT2D eigenvalue weighted by Crippen LogP contribution is 2.27. The summed E-state index contributed by atoms with van der Waals surface area (Å²) in [6.07, 6.45) is 0.654. The number of hydrogen-bond donors (Lipinski definition) is 4. The number of aromatic amines is 1. The van der Waals surface area contributed by atoms with Gasteiger partial charge in [0, 0.05) is 5.69 Å². The number of nitrogens with zero attached hydrogens (tertiary/aromatic N) is 1. The Morgan fingerprint density at radius 2 is 2.17 bits per heavy atom. The van der Waals surface area contributed by atoms with E-state index in [-0.39, 0.29) is 23.6 Å². The Morgan fingerprint density at radius 3 is 2.83 bits per heavy atom. The number of rotatable bonds is 8. The zero-order valence-electron chi connectivity index (χ0n) is 16.1. The molecule has 0 saturated heterocycles. The highest BCUT2D eigenvalue weighted by atomic mass is 35.5. The number of nitrogens with one attached hydrogen (secondary N) is 3. The maximum atomic E-state index is 13.4. The van der Waals surface area contributed by atoms with Crippen LogP contribution in [0.1, 0.15) is 38.5 Å². The van der Waals surface area contributed by atoms with E-state index < -0.39 is 5.82 Å². The summed E-state index contributed by atoms with van der Waals surface area (Å²) in [6.45, 7) is 2.46. The van der Waals surface area contributed by atoms with Crippen LogP contribution in [0.25, 0.3) is 11.3 Å². The summed E-state index contributed by atoms with van der Waals surface area (Å²) in [7, 11) is 1.84. The molecule has 154 valence electrons. The van der Waals surface area contributed by atoms with Crippen molar-refractivity contribution in [3.63, 3.8) is 0 Å². The Bertz CT molecular complexity index is 1000. The van der Waals surface area contributed by atoms with Gasteiger partial charge >= 0.3 is 0 Å². The van der Waals surface area contributed by atoms with Gasteiger partial charge in [0.1, 0.15) is 16.5 Å². The number of aryl methyl sites for hydroxylation is 1. The molecule has 1 unspecified atom stereocenters. The molecular weight excluding hydrogens is 415 g/mol. The van der Waals surface area contributed by atoms with Crippen molar-refractivity contribution < 1.29 is 14.3 Å². The molecule has 3 aromatic rings. The Kier molecular flexibility index (Phi) is 7.02. The Labute approximate surface area is 177 Å². The van der Waals surface area contributed by atoms with E-state index in [0.29, 0.717) is 29.9 Å². The average molecular weight is 437 g/mol.